The van der Waals surface area contributed by atoms with Crippen LogP contribution in [0.4, 0.5) is 0 Å². The van der Waals surface area contributed by atoms with Gasteiger partial charge in [0.2, 0.25) is 5.91 Å². The van der Waals surface area contributed by atoms with Crippen LogP contribution >= 0.6 is 0 Å². The van der Waals surface area contributed by atoms with Gasteiger partial charge in [0.25, 0.3) is 0 Å². The van der Waals surface area contributed by atoms with Crippen LogP contribution in [0, 0.1) is 0 Å². The molecule has 1 aliphatic rings. The summed E-state index contributed by atoms with van der Waals surface area (Å²) >= 11 is 0. The molecule has 0 aliphatic heterocycles. The Bertz CT molecular complexity index is 284. The minimum atomic E-state index is -0.293. The van der Waals surface area contributed by atoms with Crippen molar-refractivity contribution in [2.75, 3.05) is 13.7 Å². The first-order valence-electron chi connectivity index (χ1n) is 6.21. The highest BCUT2D eigenvalue weighted by Gasteiger charge is 2.25. The second kappa shape index (κ2) is 5.63. The van der Waals surface area contributed by atoms with E-state index in [0.29, 0.717) is 18.6 Å². The summed E-state index contributed by atoms with van der Waals surface area (Å²) in [6.45, 7) is 5.91. The fourth-order valence-electron chi connectivity index (χ4n) is 1.90. The molecule has 0 saturated heterocycles. The maximum atomic E-state index is 11.9. The first-order chi connectivity index (χ1) is 7.79. The normalized spacial score (nSPS) is 18.2. The molecule has 0 N–H and O–H groups in total. The lowest BCUT2D eigenvalue weighted by molar-refractivity contribution is -0.143. The van der Waals surface area contributed by atoms with Crippen molar-refractivity contribution in [2.45, 2.75) is 58.1 Å². The summed E-state index contributed by atoms with van der Waals surface area (Å²) in [5.41, 5.74) is -0.293. The molecule has 0 aromatic rings. The summed E-state index contributed by atoms with van der Waals surface area (Å²) in [5, 5.41) is 0. The molecule has 0 bridgehead atoms. The number of ether oxygens (including phenoxy) is 1. The molecule has 0 aromatic heterocycles. The molecule has 1 fully saturated rings. The van der Waals surface area contributed by atoms with Crippen LogP contribution in [0.25, 0.3) is 0 Å². The highest BCUT2D eigenvalue weighted by Crippen LogP contribution is 2.19. The van der Waals surface area contributed by atoms with Crippen LogP contribution in [0.2, 0.25) is 0 Å². The Kier molecular flexibility index (Phi) is 4.69. The Morgan fingerprint density at radius 1 is 1.35 bits per heavy atom. The van der Waals surface area contributed by atoms with E-state index in [4.69, 9.17) is 4.74 Å². The minimum Gasteiger partial charge on any atom is -0.366 e. The Labute approximate surface area is 103 Å². The van der Waals surface area contributed by atoms with Gasteiger partial charge in [0.05, 0.1) is 5.60 Å². The zero-order chi connectivity index (χ0) is 13.1. The van der Waals surface area contributed by atoms with Crippen molar-refractivity contribution in [2.24, 2.45) is 0 Å². The molecular weight excluding hydrogens is 218 g/mol. The highest BCUT2D eigenvalue weighted by molar-refractivity contribution is 5.80. The fourth-order valence-corrected chi connectivity index (χ4v) is 1.90. The first kappa shape index (κ1) is 14.2. The van der Waals surface area contributed by atoms with Crippen LogP contribution < -0.4 is 0 Å². The standard InChI is InChI=1S/C13H23NO3/c1-13(2,3)17-9-12(16)14(4)10-5-7-11(15)8-6-10/h10H,5-9H2,1-4H3. The van der Waals surface area contributed by atoms with Gasteiger partial charge >= 0.3 is 0 Å². The van der Waals surface area contributed by atoms with Crippen molar-refractivity contribution in [3.63, 3.8) is 0 Å². The summed E-state index contributed by atoms with van der Waals surface area (Å²) in [6, 6.07) is 0.198. The van der Waals surface area contributed by atoms with E-state index in [1.807, 2.05) is 20.8 Å². The van der Waals surface area contributed by atoms with Gasteiger partial charge in [-0.05, 0) is 33.6 Å². The molecule has 0 heterocycles. The van der Waals surface area contributed by atoms with E-state index >= 15 is 0 Å². The van der Waals surface area contributed by atoms with Crippen LogP contribution in [0.1, 0.15) is 46.5 Å². The molecule has 1 rings (SSSR count). The monoisotopic (exact) mass is 241 g/mol. The first-order valence-corrected chi connectivity index (χ1v) is 6.21. The second-order valence-corrected chi connectivity index (χ2v) is 5.68. The minimum absolute atomic E-state index is 0.000672. The molecule has 0 unspecified atom stereocenters. The lowest BCUT2D eigenvalue weighted by Crippen LogP contribution is -2.42. The predicted molar refractivity (Wildman–Crippen MR) is 65.7 cm³/mol. The highest BCUT2D eigenvalue weighted by atomic mass is 16.5. The number of nitrogens with zero attached hydrogens (tertiary/aromatic N) is 1. The zero-order valence-electron chi connectivity index (χ0n) is 11.3. The number of carbonyl (C=O) groups excluding carboxylic acids is 2. The largest absolute Gasteiger partial charge is 0.366 e. The number of rotatable bonds is 3. The maximum Gasteiger partial charge on any atom is 0.248 e. The molecule has 0 radical (unpaired) electrons. The van der Waals surface area contributed by atoms with Crippen molar-refractivity contribution >= 4 is 11.7 Å². The van der Waals surface area contributed by atoms with Crippen molar-refractivity contribution in [3.05, 3.63) is 0 Å². The lowest BCUT2D eigenvalue weighted by Gasteiger charge is -2.31. The third-order valence-electron chi connectivity index (χ3n) is 3.08. The second-order valence-electron chi connectivity index (χ2n) is 5.68. The molecule has 98 valence electrons. The van der Waals surface area contributed by atoms with E-state index in [1.165, 1.54) is 0 Å². The van der Waals surface area contributed by atoms with Crippen molar-refractivity contribution in [3.8, 4) is 0 Å². The van der Waals surface area contributed by atoms with Gasteiger partial charge in [-0.15, -0.1) is 0 Å². The molecule has 4 nitrogen and oxygen atoms in total. The average molecular weight is 241 g/mol. The SMILES string of the molecule is CN(C(=O)COC(C)(C)C)C1CCC(=O)CC1. The summed E-state index contributed by atoms with van der Waals surface area (Å²) in [6.07, 6.45) is 2.78. The number of likely N-dealkylation sites (N-methyl/N-ethyl adjacent to an activating group) is 1. The van der Waals surface area contributed by atoms with Gasteiger partial charge in [-0.3, -0.25) is 9.59 Å². The Morgan fingerprint density at radius 2 is 1.88 bits per heavy atom. The predicted octanol–water partition coefficient (Wildman–Crippen LogP) is 1.77. The van der Waals surface area contributed by atoms with E-state index < -0.39 is 0 Å². The maximum absolute atomic E-state index is 11.9. The van der Waals surface area contributed by atoms with Crippen molar-refractivity contribution in [1.82, 2.24) is 4.90 Å². The summed E-state index contributed by atoms with van der Waals surface area (Å²) in [4.78, 5) is 24.8. The Hall–Kier alpha value is -0.900. The number of ketones is 1. The van der Waals surface area contributed by atoms with Gasteiger partial charge in [0, 0.05) is 25.9 Å². The van der Waals surface area contributed by atoms with Crippen LogP contribution in [0.3, 0.4) is 0 Å². The Morgan fingerprint density at radius 3 is 2.35 bits per heavy atom. The quantitative estimate of drug-likeness (QED) is 0.756. The topological polar surface area (TPSA) is 46.6 Å². The lowest BCUT2D eigenvalue weighted by atomic mass is 9.93. The number of carbonyl (C=O) groups is 2. The molecule has 17 heavy (non-hydrogen) atoms. The Balaban J connectivity index is 2.38. The molecule has 1 amide bonds. The van der Waals surface area contributed by atoms with Gasteiger partial charge < -0.3 is 9.64 Å². The molecule has 0 atom stereocenters. The molecular formula is C13H23NO3. The summed E-state index contributed by atoms with van der Waals surface area (Å²) in [7, 11) is 1.80. The fraction of sp³-hybridized carbons (Fsp3) is 0.846. The van der Waals surface area contributed by atoms with Gasteiger partial charge in [0.1, 0.15) is 12.4 Å². The van der Waals surface area contributed by atoms with Crippen LogP contribution in [-0.4, -0.2) is 41.9 Å². The van der Waals surface area contributed by atoms with Crippen molar-refractivity contribution in [1.29, 1.82) is 0 Å². The van der Waals surface area contributed by atoms with Crippen LogP contribution in [-0.2, 0) is 14.3 Å². The molecule has 0 spiro atoms. The smallest absolute Gasteiger partial charge is 0.248 e. The molecule has 1 aliphatic carbocycles. The number of amides is 1. The van der Waals surface area contributed by atoms with Gasteiger partial charge in [-0.25, -0.2) is 0 Å². The van der Waals surface area contributed by atoms with E-state index in [0.717, 1.165) is 12.8 Å². The average Bonchev–Trinajstić information content (AvgIpc) is 2.25. The van der Waals surface area contributed by atoms with Crippen LogP contribution in [0.15, 0.2) is 0 Å². The van der Waals surface area contributed by atoms with Crippen LogP contribution in [0.5, 0.6) is 0 Å². The van der Waals surface area contributed by atoms with Gasteiger partial charge in [-0.2, -0.15) is 0 Å². The van der Waals surface area contributed by atoms with Crippen molar-refractivity contribution < 1.29 is 14.3 Å². The van der Waals surface area contributed by atoms with E-state index in [9.17, 15) is 9.59 Å². The van der Waals surface area contributed by atoms with E-state index in [1.54, 1.807) is 11.9 Å². The number of Topliss-reactive ketones (excluding diaryl/α,β-unsaturated/α-hetero) is 1. The third kappa shape index (κ3) is 4.86. The third-order valence-corrected chi connectivity index (χ3v) is 3.08. The summed E-state index contributed by atoms with van der Waals surface area (Å²) in [5.74, 6) is 0.312. The van der Waals surface area contributed by atoms with Gasteiger partial charge in [0.15, 0.2) is 0 Å². The molecule has 0 aromatic carbocycles. The zero-order valence-corrected chi connectivity index (χ0v) is 11.3. The molecule has 1 saturated carbocycles. The number of hydrogen-bond acceptors (Lipinski definition) is 3. The summed E-state index contributed by atoms with van der Waals surface area (Å²) < 4.78 is 5.47. The number of hydrogen-bond donors (Lipinski definition) is 0. The van der Waals surface area contributed by atoms with E-state index in [-0.39, 0.29) is 24.2 Å². The molecule has 4 heteroatoms. The van der Waals surface area contributed by atoms with E-state index in [2.05, 4.69) is 0 Å². The van der Waals surface area contributed by atoms with Gasteiger partial charge in [-0.1, -0.05) is 0 Å².